The Morgan fingerprint density at radius 2 is 1.90 bits per heavy atom. The lowest BCUT2D eigenvalue weighted by atomic mass is 9.96. The molecule has 2 atom stereocenters. The molecule has 6 heteroatoms. The van der Waals surface area contributed by atoms with Crippen LogP contribution in [0.4, 0.5) is 5.69 Å². The minimum atomic E-state index is -0.359. The van der Waals surface area contributed by atoms with Crippen LogP contribution in [0.3, 0.4) is 0 Å². The summed E-state index contributed by atoms with van der Waals surface area (Å²) in [6.07, 6.45) is 2.08. The first-order valence-electron chi connectivity index (χ1n) is 9.94. The Morgan fingerprint density at radius 3 is 2.70 bits per heavy atom. The zero-order chi connectivity index (χ0) is 20.9. The average molecular weight is 420 g/mol. The molecule has 30 heavy (non-hydrogen) atoms. The van der Waals surface area contributed by atoms with Gasteiger partial charge in [-0.15, -0.1) is 11.3 Å². The Kier molecular flexibility index (Phi) is 6.16. The highest BCUT2D eigenvalue weighted by Crippen LogP contribution is 2.33. The fraction of sp³-hybridized carbons (Fsp3) is 0.208. The predicted octanol–water partition coefficient (Wildman–Crippen LogP) is 4.99. The van der Waals surface area contributed by atoms with Crippen LogP contribution in [0.15, 0.2) is 72.2 Å². The second kappa shape index (κ2) is 9.15. The smallest absolute Gasteiger partial charge is 0.241 e. The van der Waals surface area contributed by atoms with Gasteiger partial charge in [0.15, 0.2) is 0 Å². The Hall–Kier alpha value is -3.09. The summed E-state index contributed by atoms with van der Waals surface area (Å²) in [5.74, 6) is 0.708. The van der Waals surface area contributed by atoms with Crippen molar-refractivity contribution in [1.82, 2.24) is 10.3 Å². The number of H-pyrrole nitrogens is 1. The van der Waals surface area contributed by atoms with Crippen LogP contribution in [0.2, 0.25) is 0 Å². The first-order chi connectivity index (χ1) is 14.7. The summed E-state index contributed by atoms with van der Waals surface area (Å²) in [4.78, 5) is 17.4. The van der Waals surface area contributed by atoms with Crippen LogP contribution in [0.5, 0.6) is 5.75 Å². The monoisotopic (exact) mass is 419 g/mol. The summed E-state index contributed by atoms with van der Waals surface area (Å²) in [6.45, 7) is 2.54. The summed E-state index contributed by atoms with van der Waals surface area (Å²) in [6, 6.07) is 19.6. The van der Waals surface area contributed by atoms with Crippen molar-refractivity contribution in [2.45, 2.75) is 18.9 Å². The zero-order valence-corrected chi connectivity index (χ0v) is 17.8. The number of nitrogens with one attached hydrogen (secondary N) is 3. The number of hydrogen-bond donors (Lipinski definition) is 3. The Balaban J connectivity index is 1.49. The van der Waals surface area contributed by atoms with E-state index in [-0.39, 0.29) is 17.9 Å². The molecule has 0 radical (unpaired) electrons. The quantitative estimate of drug-likeness (QED) is 0.377. The van der Waals surface area contributed by atoms with Crippen LogP contribution < -0.4 is 15.4 Å². The van der Waals surface area contributed by atoms with Gasteiger partial charge < -0.3 is 20.4 Å². The number of ether oxygens (including phenoxy) is 1. The summed E-state index contributed by atoms with van der Waals surface area (Å²) in [5, 5.41) is 9.68. The number of amides is 1. The van der Waals surface area contributed by atoms with Crippen LogP contribution in [0.1, 0.15) is 23.3 Å². The number of aromatic nitrogens is 1. The highest BCUT2D eigenvalue weighted by atomic mass is 32.1. The van der Waals surface area contributed by atoms with Gasteiger partial charge in [-0.3, -0.25) is 4.79 Å². The third kappa shape index (κ3) is 4.25. The van der Waals surface area contributed by atoms with E-state index in [1.165, 1.54) is 15.8 Å². The van der Waals surface area contributed by atoms with Crippen molar-refractivity contribution in [2.24, 2.45) is 0 Å². The van der Waals surface area contributed by atoms with Crippen molar-refractivity contribution in [2.75, 3.05) is 19.0 Å². The molecule has 4 aromatic rings. The summed E-state index contributed by atoms with van der Waals surface area (Å²) >= 11 is 1.73. The molecule has 1 amide bonds. The summed E-state index contributed by atoms with van der Waals surface area (Å²) in [5.41, 5.74) is 3.03. The number of para-hydroxylation sites is 3. The van der Waals surface area contributed by atoms with E-state index in [0.717, 1.165) is 5.52 Å². The Bertz CT molecular complexity index is 1120. The Morgan fingerprint density at radius 1 is 1.10 bits per heavy atom. The van der Waals surface area contributed by atoms with Gasteiger partial charge in [0.1, 0.15) is 5.75 Å². The maximum absolute atomic E-state index is 12.7. The van der Waals surface area contributed by atoms with E-state index < -0.39 is 0 Å². The van der Waals surface area contributed by atoms with E-state index in [1.54, 1.807) is 18.4 Å². The van der Waals surface area contributed by atoms with Crippen molar-refractivity contribution >= 4 is 33.8 Å². The average Bonchev–Trinajstić information content (AvgIpc) is 3.45. The van der Waals surface area contributed by atoms with Gasteiger partial charge in [-0.05, 0) is 42.1 Å². The number of carbonyl (C=O) groups is 1. The maximum atomic E-state index is 12.7. The van der Waals surface area contributed by atoms with Crippen molar-refractivity contribution in [3.05, 3.63) is 82.7 Å². The van der Waals surface area contributed by atoms with Gasteiger partial charge in [0, 0.05) is 34.4 Å². The molecule has 0 aliphatic heterocycles. The second-order valence-electron chi connectivity index (χ2n) is 7.18. The summed E-state index contributed by atoms with van der Waals surface area (Å²) in [7, 11) is 1.60. The topological polar surface area (TPSA) is 66.2 Å². The number of anilines is 1. The van der Waals surface area contributed by atoms with Crippen molar-refractivity contribution in [3.8, 4) is 5.75 Å². The van der Waals surface area contributed by atoms with Gasteiger partial charge in [-0.25, -0.2) is 0 Å². The SMILES string of the molecule is COc1ccccc1NC(=O)[C@@H](C)NC[C@H](c1cccs1)c1c[nH]c2ccccc12. The first kappa shape index (κ1) is 20.2. The molecule has 4 rings (SSSR count). The molecule has 0 fully saturated rings. The maximum Gasteiger partial charge on any atom is 0.241 e. The molecule has 0 spiro atoms. The molecular formula is C24H25N3O2S. The van der Waals surface area contributed by atoms with E-state index in [2.05, 4.69) is 57.5 Å². The molecule has 2 heterocycles. The van der Waals surface area contributed by atoms with Gasteiger partial charge in [0.25, 0.3) is 0 Å². The van der Waals surface area contributed by atoms with Crippen LogP contribution in [0, 0.1) is 0 Å². The van der Waals surface area contributed by atoms with Gasteiger partial charge in [0.2, 0.25) is 5.91 Å². The predicted molar refractivity (Wildman–Crippen MR) is 124 cm³/mol. The zero-order valence-electron chi connectivity index (χ0n) is 17.0. The third-order valence-electron chi connectivity index (χ3n) is 5.27. The fourth-order valence-corrected chi connectivity index (χ4v) is 4.46. The van der Waals surface area contributed by atoms with Gasteiger partial charge in [-0.1, -0.05) is 36.4 Å². The molecule has 0 saturated carbocycles. The lowest BCUT2D eigenvalue weighted by molar-refractivity contribution is -0.117. The number of aromatic amines is 1. The molecule has 0 bridgehead atoms. The van der Waals surface area contributed by atoms with Gasteiger partial charge in [-0.2, -0.15) is 0 Å². The molecule has 3 N–H and O–H groups in total. The molecule has 0 saturated heterocycles. The first-order valence-corrected chi connectivity index (χ1v) is 10.8. The number of benzene rings is 2. The minimum absolute atomic E-state index is 0.0941. The third-order valence-corrected chi connectivity index (χ3v) is 6.26. The van der Waals surface area contributed by atoms with Crippen LogP contribution in [-0.4, -0.2) is 30.6 Å². The molecule has 0 unspecified atom stereocenters. The number of hydrogen-bond acceptors (Lipinski definition) is 4. The molecule has 5 nitrogen and oxygen atoms in total. The largest absolute Gasteiger partial charge is 0.495 e. The number of thiophene rings is 1. The highest BCUT2D eigenvalue weighted by Gasteiger charge is 2.22. The van der Waals surface area contributed by atoms with Crippen molar-refractivity contribution < 1.29 is 9.53 Å². The van der Waals surface area contributed by atoms with Crippen LogP contribution in [0.25, 0.3) is 10.9 Å². The van der Waals surface area contributed by atoms with E-state index >= 15 is 0 Å². The number of carbonyl (C=O) groups excluding carboxylic acids is 1. The van der Waals surface area contributed by atoms with Crippen LogP contribution in [-0.2, 0) is 4.79 Å². The van der Waals surface area contributed by atoms with Gasteiger partial charge in [0.05, 0.1) is 18.8 Å². The van der Waals surface area contributed by atoms with Crippen LogP contribution >= 0.6 is 11.3 Å². The van der Waals surface area contributed by atoms with E-state index in [9.17, 15) is 4.79 Å². The number of methoxy groups -OCH3 is 1. The van der Waals surface area contributed by atoms with E-state index in [4.69, 9.17) is 4.74 Å². The fourth-order valence-electron chi connectivity index (χ4n) is 3.61. The second-order valence-corrected chi connectivity index (χ2v) is 8.16. The molecule has 154 valence electrons. The molecule has 2 aromatic carbocycles. The minimum Gasteiger partial charge on any atom is -0.495 e. The van der Waals surface area contributed by atoms with Crippen molar-refractivity contribution in [1.29, 1.82) is 0 Å². The number of rotatable bonds is 8. The highest BCUT2D eigenvalue weighted by molar-refractivity contribution is 7.10. The number of fused-ring (bicyclic) bond motifs is 1. The lowest BCUT2D eigenvalue weighted by Gasteiger charge is -2.20. The molecule has 0 aliphatic carbocycles. The normalized spacial score (nSPS) is 13.1. The van der Waals surface area contributed by atoms with E-state index in [0.29, 0.717) is 18.0 Å². The summed E-state index contributed by atoms with van der Waals surface area (Å²) < 4.78 is 5.33. The molecular weight excluding hydrogens is 394 g/mol. The Labute approximate surface area is 180 Å². The van der Waals surface area contributed by atoms with E-state index in [1.807, 2.05) is 37.3 Å². The van der Waals surface area contributed by atoms with Gasteiger partial charge >= 0.3 is 0 Å². The standard InChI is InChI=1S/C24H25N3O2S/c1-16(24(28)27-21-10-5-6-11-22(21)29-2)25-15-19(23-12-7-13-30-23)18-14-26-20-9-4-3-8-17(18)20/h3-14,16,19,25-26H,15H2,1-2H3,(H,27,28)/t16-,19+/m1/s1. The lowest BCUT2D eigenvalue weighted by Crippen LogP contribution is -2.40. The molecule has 2 aromatic heterocycles. The van der Waals surface area contributed by atoms with Crippen molar-refractivity contribution in [3.63, 3.8) is 0 Å². The molecule has 0 aliphatic rings.